The summed E-state index contributed by atoms with van der Waals surface area (Å²) in [5, 5.41) is 24.7. The molecule has 2 aromatic rings. The van der Waals surface area contributed by atoms with E-state index in [0.29, 0.717) is 36.6 Å². The minimum Gasteiger partial charge on any atom is -0.481 e. The zero-order valence-electron chi connectivity index (χ0n) is 18.7. The molecule has 9 heteroatoms. The maximum absolute atomic E-state index is 13.8. The molecule has 2 unspecified atom stereocenters. The predicted molar refractivity (Wildman–Crippen MR) is 127 cm³/mol. The fourth-order valence-electron chi connectivity index (χ4n) is 5.26. The zero-order valence-corrected chi connectivity index (χ0v) is 18.7. The van der Waals surface area contributed by atoms with Crippen molar-refractivity contribution in [3.63, 3.8) is 0 Å². The van der Waals surface area contributed by atoms with Crippen molar-refractivity contribution in [2.75, 3.05) is 19.6 Å². The third kappa shape index (κ3) is 4.03. The van der Waals surface area contributed by atoms with Gasteiger partial charge in [-0.15, -0.1) is 0 Å². The van der Waals surface area contributed by atoms with E-state index in [1.807, 2.05) is 30.3 Å². The summed E-state index contributed by atoms with van der Waals surface area (Å²) in [6.07, 6.45) is 5.98. The molecule has 176 valence electrons. The number of nitrogens with zero attached hydrogens (tertiary/aromatic N) is 4. The van der Waals surface area contributed by atoms with Gasteiger partial charge >= 0.3 is 0 Å². The lowest BCUT2D eigenvalue weighted by Crippen LogP contribution is -2.45. The third-order valence-corrected chi connectivity index (χ3v) is 6.86. The average molecular weight is 462 g/mol. The second kappa shape index (κ2) is 9.26. The van der Waals surface area contributed by atoms with E-state index in [9.17, 15) is 10.0 Å². The monoisotopic (exact) mass is 461 g/mol. The molecule has 1 aromatic carbocycles. The molecule has 3 aliphatic rings. The number of Topliss-reactive ketones (excluding diaryl/α,β-unsaturated/α-hetero) is 1. The molecule has 1 saturated heterocycles. The Balaban J connectivity index is 1.48. The summed E-state index contributed by atoms with van der Waals surface area (Å²) in [6.45, 7) is 1.81. The highest BCUT2D eigenvalue weighted by Crippen LogP contribution is 2.41. The fraction of sp³-hybridized carbons (Fsp3) is 0.360. The molecular formula is C25H27N5O4. The molecular weight excluding hydrogens is 434 g/mol. The second-order valence-electron chi connectivity index (χ2n) is 8.99. The number of hydrogen-bond donors (Lipinski definition) is 3. The number of oxime groups is 2. The Bertz CT molecular complexity index is 1190. The van der Waals surface area contributed by atoms with Crippen LogP contribution in [-0.2, 0) is 16.0 Å². The van der Waals surface area contributed by atoms with Gasteiger partial charge < -0.3 is 20.9 Å². The number of rotatable bonds is 5. The molecule has 0 amide bonds. The largest absolute Gasteiger partial charge is 0.481 e. The molecule has 9 nitrogen and oxygen atoms in total. The van der Waals surface area contributed by atoms with Crippen molar-refractivity contribution in [3.8, 4) is 0 Å². The number of carbonyl (C=O) groups is 1. The number of piperidine rings is 1. The molecule has 4 N–H and O–H groups in total. The number of likely N-dealkylation sites (tertiary alicyclic amines) is 1. The van der Waals surface area contributed by atoms with E-state index in [0.717, 1.165) is 48.1 Å². The summed E-state index contributed by atoms with van der Waals surface area (Å²) < 4.78 is 6.41. The van der Waals surface area contributed by atoms with Gasteiger partial charge in [0.25, 0.3) is 0 Å². The number of benzene rings is 1. The van der Waals surface area contributed by atoms with E-state index >= 15 is 0 Å². The Morgan fingerprint density at radius 2 is 2.00 bits per heavy atom. The molecule has 3 heterocycles. The first-order valence-corrected chi connectivity index (χ1v) is 11.5. The van der Waals surface area contributed by atoms with Crippen molar-refractivity contribution in [2.24, 2.45) is 22.0 Å². The van der Waals surface area contributed by atoms with Crippen LogP contribution in [0.3, 0.4) is 0 Å². The number of amidine groups is 1. The van der Waals surface area contributed by atoms with Gasteiger partial charge in [-0.05, 0) is 55.5 Å². The molecule has 5 rings (SSSR count). The summed E-state index contributed by atoms with van der Waals surface area (Å²) in [7, 11) is 0. The van der Waals surface area contributed by atoms with Crippen molar-refractivity contribution in [1.82, 2.24) is 9.88 Å². The number of pyridine rings is 1. The van der Waals surface area contributed by atoms with E-state index in [4.69, 9.17) is 15.7 Å². The van der Waals surface area contributed by atoms with Crippen molar-refractivity contribution in [2.45, 2.75) is 31.8 Å². The summed E-state index contributed by atoms with van der Waals surface area (Å²) in [5.74, 6) is 0.681. The van der Waals surface area contributed by atoms with Crippen LogP contribution in [0.1, 0.15) is 41.5 Å². The Hall–Kier alpha value is -3.72. The van der Waals surface area contributed by atoms with Crippen LogP contribution in [0, 0.1) is 5.92 Å². The van der Waals surface area contributed by atoms with Crippen LogP contribution in [-0.4, -0.2) is 63.4 Å². The van der Waals surface area contributed by atoms with Crippen LogP contribution >= 0.6 is 0 Å². The Kier molecular flexibility index (Phi) is 6.02. The van der Waals surface area contributed by atoms with Crippen LogP contribution in [0.5, 0.6) is 0 Å². The normalized spacial score (nSPS) is 24.5. The van der Waals surface area contributed by atoms with Crippen molar-refractivity contribution >= 4 is 28.7 Å². The summed E-state index contributed by atoms with van der Waals surface area (Å²) in [5.41, 5.74) is 10.6. The quantitative estimate of drug-likeness (QED) is 0.270. The van der Waals surface area contributed by atoms with Crippen LogP contribution in [0.15, 0.2) is 53.0 Å². The van der Waals surface area contributed by atoms with Crippen molar-refractivity contribution in [1.29, 1.82) is 0 Å². The van der Waals surface area contributed by atoms with Crippen molar-refractivity contribution in [3.05, 3.63) is 65.0 Å². The molecule has 0 radical (unpaired) electrons. The minimum absolute atomic E-state index is 0.00960. The lowest BCUT2D eigenvalue weighted by Gasteiger charge is -2.34. The molecule has 1 aliphatic carbocycles. The molecule has 34 heavy (non-hydrogen) atoms. The van der Waals surface area contributed by atoms with Crippen molar-refractivity contribution < 1.29 is 19.9 Å². The zero-order chi connectivity index (χ0) is 23.7. The van der Waals surface area contributed by atoms with E-state index < -0.39 is 6.10 Å². The van der Waals surface area contributed by atoms with Gasteiger partial charge in [-0.2, -0.15) is 0 Å². The lowest BCUT2D eigenvalue weighted by molar-refractivity contribution is -0.122. The second-order valence-corrected chi connectivity index (χ2v) is 8.99. The number of aryl methyl sites for hydroxylation is 1. The van der Waals surface area contributed by atoms with E-state index in [1.165, 1.54) is 0 Å². The van der Waals surface area contributed by atoms with Gasteiger partial charge in [0.15, 0.2) is 11.9 Å². The molecule has 1 aromatic heterocycles. The van der Waals surface area contributed by atoms with Gasteiger partial charge in [0.05, 0.1) is 17.8 Å². The fourth-order valence-corrected chi connectivity index (χ4v) is 5.26. The molecule has 0 bridgehead atoms. The first-order valence-electron chi connectivity index (χ1n) is 11.5. The number of ether oxygens (including phenoxy) is 1. The van der Waals surface area contributed by atoms with Crippen LogP contribution in [0.25, 0.3) is 11.3 Å². The summed E-state index contributed by atoms with van der Waals surface area (Å²) in [6, 6.07) is 9.53. The topological polar surface area (TPSA) is 134 Å². The molecule has 0 saturated carbocycles. The highest BCUT2D eigenvalue weighted by atomic mass is 16.5. The third-order valence-electron chi connectivity index (χ3n) is 6.86. The number of fused-ring (bicyclic) bond motifs is 1. The highest BCUT2D eigenvalue weighted by Gasteiger charge is 2.42. The van der Waals surface area contributed by atoms with Crippen LogP contribution < -0.4 is 5.73 Å². The van der Waals surface area contributed by atoms with Gasteiger partial charge in [-0.3, -0.25) is 14.7 Å². The number of ketones is 1. The highest BCUT2D eigenvalue weighted by molar-refractivity contribution is 6.31. The standard InChI is InChI=1S/C25H27N5O4/c26-21(29-33)14-30-11-1-2-18(13-30)25-23(31)22(24(34-25)15-7-9-27-10-8-15)17-3-5-19-16(12-17)4-6-20(19)28-32/h3,5,7-10,12,18,25,32-33H,1-2,4,6,11,13-14H2,(H2,26,29). The molecule has 0 spiro atoms. The van der Waals surface area contributed by atoms with Gasteiger partial charge in [0.1, 0.15) is 5.76 Å². The maximum atomic E-state index is 13.8. The smallest absolute Gasteiger partial charge is 0.207 e. The molecule has 2 atom stereocenters. The number of carbonyl (C=O) groups excluding carboxylic acids is 1. The Labute approximate surface area is 197 Å². The minimum atomic E-state index is -0.601. The average Bonchev–Trinajstić information content (AvgIpc) is 3.44. The number of hydrogen-bond acceptors (Lipinski definition) is 8. The predicted octanol–water partition coefficient (Wildman–Crippen LogP) is 2.50. The van der Waals surface area contributed by atoms with Crippen LogP contribution in [0.4, 0.5) is 0 Å². The number of nitrogens with two attached hydrogens (primary N) is 1. The van der Waals surface area contributed by atoms with E-state index in [1.54, 1.807) is 12.4 Å². The molecule has 2 aliphatic heterocycles. The molecule has 1 fully saturated rings. The first kappa shape index (κ1) is 22.1. The Morgan fingerprint density at radius 3 is 2.76 bits per heavy atom. The number of aromatic nitrogens is 1. The Morgan fingerprint density at radius 1 is 1.18 bits per heavy atom. The summed E-state index contributed by atoms with van der Waals surface area (Å²) >= 11 is 0. The van der Waals surface area contributed by atoms with E-state index in [-0.39, 0.29) is 17.5 Å². The van der Waals surface area contributed by atoms with Gasteiger partial charge in [-0.1, -0.05) is 28.5 Å². The van der Waals surface area contributed by atoms with Crippen LogP contribution in [0.2, 0.25) is 0 Å². The van der Waals surface area contributed by atoms with E-state index in [2.05, 4.69) is 20.2 Å². The van der Waals surface area contributed by atoms with Gasteiger partial charge in [-0.25, -0.2) is 0 Å². The SMILES string of the molecule is NC(CN1CCCC(C2OC(c3ccncc3)=C(c3ccc4c(c3)CCC4=NO)C2=O)C1)=NO. The van der Waals surface area contributed by atoms with Gasteiger partial charge in [0.2, 0.25) is 5.78 Å². The first-order chi connectivity index (χ1) is 16.6. The summed E-state index contributed by atoms with van der Waals surface area (Å²) in [4.78, 5) is 20.0. The van der Waals surface area contributed by atoms with Gasteiger partial charge in [0, 0.05) is 36.0 Å². The maximum Gasteiger partial charge on any atom is 0.207 e. The lowest BCUT2D eigenvalue weighted by atomic mass is 9.87.